The van der Waals surface area contributed by atoms with Crippen molar-refractivity contribution in [3.05, 3.63) is 58.1 Å². The Labute approximate surface area is 167 Å². The first-order chi connectivity index (χ1) is 12.9. The van der Waals surface area contributed by atoms with Crippen LogP contribution in [0.1, 0.15) is 12.5 Å². The molecule has 0 aromatic heterocycles. The summed E-state index contributed by atoms with van der Waals surface area (Å²) in [4.78, 5) is 23.5. The number of halogens is 3. The van der Waals surface area contributed by atoms with Gasteiger partial charge in [-0.2, -0.15) is 13.2 Å². The standard InChI is InChI=1S/C17H15F3N2O4S2/c1-16(24,9-28-12-5-3-11(27)4-6-12)15(23)21-14-7-2-10(22(25)26)8-13(14)17(18,19)20/h2-8,24,27H,9H2,1H3,(H,21,23). The molecule has 28 heavy (non-hydrogen) atoms. The molecule has 11 heteroatoms. The molecule has 2 rings (SSSR count). The van der Waals surface area contributed by atoms with E-state index in [9.17, 15) is 33.2 Å². The Morgan fingerprint density at radius 1 is 1.25 bits per heavy atom. The normalized spacial score (nSPS) is 13.6. The smallest absolute Gasteiger partial charge is 0.379 e. The van der Waals surface area contributed by atoms with E-state index >= 15 is 0 Å². The lowest BCUT2D eigenvalue weighted by Gasteiger charge is -2.23. The Morgan fingerprint density at radius 2 is 1.86 bits per heavy atom. The van der Waals surface area contributed by atoms with E-state index in [2.05, 4.69) is 12.6 Å². The van der Waals surface area contributed by atoms with Crippen LogP contribution in [-0.2, 0) is 11.0 Å². The first-order valence-corrected chi connectivity index (χ1v) is 9.15. The van der Waals surface area contributed by atoms with Crippen molar-refractivity contribution in [1.82, 2.24) is 0 Å². The third-order valence-corrected chi connectivity index (χ3v) is 5.22. The molecular weight excluding hydrogens is 417 g/mol. The van der Waals surface area contributed by atoms with E-state index < -0.39 is 39.5 Å². The van der Waals surface area contributed by atoms with Gasteiger partial charge in [0.2, 0.25) is 0 Å². The number of nitrogens with one attached hydrogen (secondary N) is 1. The van der Waals surface area contributed by atoms with Crippen LogP contribution in [0.15, 0.2) is 52.3 Å². The third-order valence-electron chi connectivity index (χ3n) is 3.61. The Kier molecular flexibility index (Phi) is 6.63. The average Bonchev–Trinajstić information content (AvgIpc) is 2.60. The molecule has 0 radical (unpaired) electrons. The number of anilines is 1. The molecule has 2 aromatic carbocycles. The minimum Gasteiger partial charge on any atom is -0.379 e. The first-order valence-electron chi connectivity index (χ1n) is 7.71. The molecule has 0 aliphatic heterocycles. The predicted octanol–water partition coefficient (Wildman–Crippen LogP) is 4.38. The number of hydrogen-bond acceptors (Lipinski definition) is 6. The second-order valence-corrected chi connectivity index (χ2v) is 7.56. The molecule has 0 saturated carbocycles. The largest absolute Gasteiger partial charge is 0.418 e. The van der Waals surface area contributed by atoms with Crippen LogP contribution in [0.3, 0.4) is 0 Å². The minimum absolute atomic E-state index is 0.126. The van der Waals surface area contributed by atoms with Gasteiger partial charge in [0.05, 0.1) is 16.2 Å². The number of hydrogen-bond donors (Lipinski definition) is 3. The summed E-state index contributed by atoms with van der Waals surface area (Å²) < 4.78 is 39.6. The van der Waals surface area contributed by atoms with Crippen LogP contribution in [0, 0.1) is 10.1 Å². The molecule has 150 valence electrons. The molecule has 1 unspecified atom stereocenters. The fourth-order valence-electron chi connectivity index (χ4n) is 2.08. The van der Waals surface area contributed by atoms with Crippen molar-refractivity contribution < 1.29 is 28.0 Å². The SMILES string of the molecule is CC(O)(CSc1ccc(S)cc1)C(=O)Nc1ccc([N+](=O)[O-])cc1C(F)(F)F. The van der Waals surface area contributed by atoms with Crippen molar-refractivity contribution in [2.75, 3.05) is 11.1 Å². The molecule has 1 atom stereocenters. The van der Waals surface area contributed by atoms with Gasteiger partial charge in [-0.1, -0.05) is 0 Å². The quantitative estimate of drug-likeness (QED) is 0.273. The molecule has 0 bridgehead atoms. The average molecular weight is 432 g/mol. The number of benzene rings is 2. The van der Waals surface area contributed by atoms with Crippen LogP contribution < -0.4 is 5.32 Å². The van der Waals surface area contributed by atoms with E-state index in [1.54, 1.807) is 24.3 Å². The monoisotopic (exact) mass is 432 g/mol. The summed E-state index contributed by atoms with van der Waals surface area (Å²) in [6, 6.07) is 8.83. The number of aliphatic hydroxyl groups is 1. The van der Waals surface area contributed by atoms with Crippen molar-refractivity contribution in [2.24, 2.45) is 0 Å². The molecule has 0 fully saturated rings. The molecule has 0 aliphatic carbocycles. The minimum atomic E-state index is -4.93. The maximum Gasteiger partial charge on any atom is 0.418 e. The van der Waals surface area contributed by atoms with E-state index in [1.165, 1.54) is 6.92 Å². The number of nitro groups is 1. The molecular formula is C17H15F3N2O4S2. The van der Waals surface area contributed by atoms with Crippen LogP contribution >= 0.6 is 24.4 Å². The number of rotatable bonds is 6. The van der Waals surface area contributed by atoms with Crippen LogP contribution in [0.5, 0.6) is 0 Å². The Balaban J connectivity index is 2.18. The van der Waals surface area contributed by atoms with E-state index in [-0.39, 0.29) is 5.75 Å². The number of nitrogens with zero attached hydrogens (tertiary/aromatic N) is 1. The topological polar surface area (TPSA) is 92.5 Å². The summed E-state index contributed by atoms with van der Waals surface area (Å²) >= 11 is 5.28. The number of thiol groups is 1. The summed E-state index contributed by atoms with van der Waals surface area (Å²) in [5.41, 5.74) is -4.80. The van der Waals surface area contributed by atoms with Gasteiger partial charge in [0, 0.05) is 27.7 Å². The number of alkyl halides is 3. The van der Waals surface area contributed by atoms with Crippen molar-refractivity contribution in [3.8, 4) is 0 Å². The van der Waals surface area contributed by atoms with E-state index in [1.807, 2.05) is 5.32 Å². The molecule has 0 heterocycles. The zero-order valence-electron chi connectivity index (χ0n) is 14.4. The zero-order chi connectivity index (χ0) is 21.1. The highest BCUT2D eigenvalue weighted by molar-refractivity contribution is 7.99. The Morgan fingerprint density at radius 3 is 2.39 bits per heavy atom. The van der Waals surface area contributed by atoms with Crippen molar-refractivity contribution in [1.29, 1.82) is 0 Å². The molecule has 0 spiro atoms. The lowest BCUT2D eigenvalue weighted by Crippen LogP contribution is -2.42. The van der Waals surface area contributed by atoms with Gasteiger partial charge in [0.1, 0.15) is 5.60 Å². The lowest BCUT2D eigenvalue weighted by atomic mass is 10.1. The summed E-state index contributed by atoms with van der Waals surface area (Å²) in [6.45, 7) is 1.17. The molecule has 0 aliphatic rings. The lowest BCUT2D eigenvalue weighted by molar-refractivity contribution is -0.385. The van der Waals surface area contributed by atoms with Crippen LogP contribution in [-0.4, -0.2) is 27.3 Å². The highest BCUT2D eigenvalue weighted by Gasteiger charge is 2.37. The molecule has 0 saturated heterocycles. The van der Waals surface area contributed by atoms with Gasteiger partial charge in [-0.25, -0.2) is 0 Å². The maximum absolute atomic E-state index is 13.2. The summed E-state index contributed by atoms with van der Waals surface area (Å²) in [5.74, 6) is -1.19. The van der Waals surface area contributed by atoms with Gasteiger partial charge in [-0.3, -0.25) is 14.9 Å². The van der Waals surface area contributed by atoms with Gasteiger partial charge in [-0.05, 0) is 37.3 Å². The molecule has 6 nitrogen and oxygen atoms in total. The van der Waals surface area contributed by atoms with Crippen molar-refractivity contribution >= 4 is 41.7 Å². The predicted molar refractivity (Wildman–Crippen MR) is 102 cm³/mol. The summed E-state index contributed by atoms with van der Waals surface area (Å²) in [7, 11) is 0. The summed E-state index contributed by atoms with van der Waals surface area (Å²) in [6.07, 6.45) is -4.93. The Bertz CT molecular complexity index is 887. The van der Waals surface area contributed by atoms with E-state index in [0.29, 0.717) is 6.07 Å². The number of carbonyl (C=O) groups excluding carboxylic acids is 1. The number of thioether (sulfide) groups is 1. The fourth-order valence-corrected chi connectivity index (χ4v) is 3.13. The van der Waals surface area contributed by atoms with E-state index in [4.69, 9.17) is 0 Å². The van der Waals surface area contributed by atoms with Gasteiger partial charge in [-0.15, -0.1) is 24.4 Å². The second-order valence-electron chi connectivity index (χ2n) is 6.00. The molecule has 2 aromatic rings. The third kappa shape index (κ3) is 5.63. The number of carbonyl (C=O) groups is 1. The van der Waals surface area contributed by atoms with Gasteiger partial charge < -0.3 is 10.4 Å². The van der Waals surface area contributed by atoms with Crippen LogP contribution in [0.2, 0.25) is 0 Å². The number of nitro benzene ring substituents is 1. The van der Waals surface area contributed by atoms with Gasteiger partial charge in [0.25, 0.3) is 11.6 Å². The fraction of sp³-hybridized carbons (Fsp3) is 0.235. The number of non-ortho nitro benzene ring substituents is 1. The number of amides is 1. The van der Waals surface area contributed by atoms with Crippen molar-refractivity contribution in [3.63, 3.8) is 0 Å². The second kappa shape index (κ2) is 8.41. The first kappa shape index (κ1) is 22.1. The highest BCUT2D eigenvalue weighted by atomic mass is 32.2. The maximum atomic E-state index is 13.2. The summed E-state index contributed by atoms with van der Waals surface area (Å²) in [5, 5.41) is 23.1. The molecule has 2 N–H and O–H groups in total. The molecule has 1 amide bonds. The van der Waals surface area contributed by atoms with Crippen molar-refractivity contribution in [2.45, 2.75) is 28.5 Å². The van der Waals surface area contributed by atoms with Gasteiger partial charge >= 0.3 is 6.18 Å². The van der Waals surface area contributed by atoms with E-state index in [0.717, 1.165) is 33.7 Å². The van der Waals surface area contributed by atoms with Crippen LogP contribution in [0.25, 0.3) is 0 Å². The Hall–Kier alpha value is -2.24. The van der Waals surface area contributed by atoms with Crippen LogP contribution in [0.4, 0.5) is 24.5 Å². The highest BCUT2D eigenvalue weighted by Crippen LogP contribution is 2.37. The zero-order valence-corrected chi connectivity index (χ0v) is 16.1. The van der Waals surface area contributed by atoms with Gasteiger partial charge in [0.15, 0.2) is 0 Å².